The molecule has 1 aliphatic heterocycles. The van der Waals surface area contributed by atoms with E-state index in [1.165, 1.54) is 6.42 Å². The third-order valence-corrected chi connectivity index (χ3v) is 4.43. The Kier molecular flexibility index (Phi) is 10.2. The molecule has 0 aliphatic carbocycles. The van der Waals surface area contributed by atoms with Crippen molar-refractivity contribution in [1.82, 2.24) is 0 Å². The lowest BCUT2D eigenvalue weighted by Crippen LogP contribution is -2.12. The molecular weight excluding hydrogens is 548 g/mol. The summed E-state index contributed by atoms with van der Waals surface area (Å²) in [6.07, 6.45) is -21.4. The molecule has 2 aromatic carbocycles. The van der Waals surface area contributed by atoms with Crippen molar-refractivity contribution >= 4 is 5.76 Å². The Morgan fingerprint density at radius 2 is 0.921 bits per heavy atom. The van der Waals surface area contributed by atoms with Crippen molar-refractivity contribution in [3.63, 3.8) is 0 Å². The average molecular weight is 570 g/mol. The van der Waals surface area contributed by atoms with Gasteiger partial charge in [0.25, 0.3) is 0 Å². The van der Waals surface area contributed by atoms with Gasteiger partial charge in [-0.1, -0.05) is 34.1 Å². The van der Waals surface area contributed by atoms with Crippen molar-refractivity contribution in [2.75, 3.05) is 0 Å². The summed E-state index contributed by atoms with van der Waals surface area (Å²) in [7, 11) is 0. The minimum absolute atomic E-state index is 0.129. The van der Waals surface area contributed by atoms with E-state index in [9.17, 15) is 57.8 Å². The Morgan fingerprint density at radius 3 is 1.21 bits per heavy atom. The van der Waals surface area contributed by atoms with Gasteiger partial charge in [-0.3, -0.25) is 0 Å². The van der Waals surface area contributed by atoms with Gasteiger partial charge in [0, 0.05) is 11.1 Å². The maximum absolute atomic E-state index is 13.0. The Balaban J connectivity index is 0.00000135. The maximum atomic E-state index is 13.0. The van der Waals surface area contributed by atoms with Gasteiger partial charge in [0.15, 0.2) is 17.6 Å². The van der Waals surface area contributed by atoms with E-state index in [4.69, 9.17) is 4.74 Å². The van der Waals surface area contributed by atoms with Crippen LogP contribution in [0.25, 0.3) is 5.76 Å². The lowest BCUT2D eigenvalue weighted by Gasteiger charge is -2.13. The first kappa shape index (κ1) is 33.0. The molecule has 0 bridgehead atoms. The van der Waals surface area contributed by atoms with Crippen LogP contribution in [-0.4, -0.2) is 5.11 Å². The molecule has 0 spiro atoms. The van der Waals surface area contributed by atoms with Gasteiger partial charge in [-0.2, -0.15) is 52.7 Å². The van der Waals surface area contributed by atoms with E-state index in [1.54, 1.807) is 0 Å². The van der Waals surface area contributed by atoms with Crippen LogP contribution in [0.5, 0.6) is 0 Å². The summed E-state index contributed by atoms with van der Waals surface area (Å²) in [5, 5.41) is 10.1. The fourth-order valence-electron chi connectivity index (χ4n) is 2.86. The third-order valence-electron chi connectivity index (χ3n) is 4.43. The van der Waals surface area contributed by atoms with Gasteiger partial charge in [-0.25, -0.2) is 0 Å². The van der Waals surface area contributed by atoms with E-state index >= 15 is 0 Å². The van der Waals surface area contributed by atoms with E-state index in [-0.39, 0.29) is 36.4 Å². The molecule has 1 heterocycles. The first-order valence-corrected chi connectivity index (χ1v) is 10.9. The van der Waals surface area contributed by atoms with Gasteiger partial charge in [-0.05, 0) is 36.4 Å². The number of halogens is 12. The molecule has 1 fully saturated rings. The monoisotopic (exact) mass is 570 g/mol. The van der Waals surface area contributed by atoms with Crippen LogP contribution >= 0.6 is 0 Å². The van der Waals surface area contributed by atoms with Crippen LogP contribution in [0.3, 0.4) is 0 Å². The number of aliphatic hydroxyl groups is 1. The zero-order chi connectivity index (χ0) is 29.9. The Hall–Kier alpha value is -3.06. The molecule has 2 nitrogen and oxygen atoms in total. The SMILES string of the molecule is CC.CCC.O/C(=C1\OC1c1cc(C(F)(F)F)cc(C(F)(F)F)c1)c1cc(C(F)(F)F)cc(C(F)(F)F)c1. The number of aliphatic hydroxyl groups excluding tert-OH is 1. The summed E-state index contributed by atoms with van der Waals surface area (Å²) >= 11 is 0. The second-order valence-electron chi connectivity index (χ2n) is 7.55. The molecule has 0 amide bonds. The van der Waals surface area contributed by atoms with Crippen LogP contribution in [0.4, 0.5) is 52.7 Å². The Morgan fingerprint density at radius 1 is 0.632 bits per heavy atom. The summed E-state index contributed by atoms with van der Waals surface area (Å²) < 4.78 is 160. The third kappa shape index (κ3) is 8.48. The van der Waals surface area contributed by atoms with E-state index in [0.29, 0.717) is 0 Å². The zero-order valence-electron chi connectivity index (χ0n) is 20.1. The molecule has 1 saturated heterocycles. The standard InChI is InChI=1S/C19H8F12O2.C3H8.C2H6/c20-16(21,22)9-1-7(2-10(5-9)17(23,24)25)13(32)15-14(33-15)8-3-11(18(26,27)28)6-12(4-8)19(29,30)31;1-3-2;1-2/h1-6,14,32H;3H2,1-2H3;1-2H3/b15-13-;;. The van der Waals surface area contributed by atoms with E-state index in [1.807, 2.05) is 13.8 Å². The maximum Gasteiger partial charge on any atom is 0.416 e. The number of alkyl halides is 12. The fraction of sp³-hybridized carbons (Fsp3) is 0.417. The molecule has 1 atom stereocenters. The van der Waals surface area contributed by atoms with Gasteiger partial charge in [0.05, 0.1) is 22.3 Å². The Labute approximate surface area is 209 Å². The number of hydrogen-bond donors (Lipinski definition) is 1. The van der Waals surface area contributed by atoms with Gasteiger partial charge in [0.2, 0.25) is 0 Å². The molecule has 1 N–H and O–H groups in total. The number of rotatable bonds is 2. The summed E-state index contributed by atoms with van der Waals surface area (Å²) in [5.41, 5.74) is -8.84. The van der Waals surface area contributed by atoms with Crippen molar-refractivity contribution in [3.8, 4) is 0 Å². The highest BCUT2D eigenvalue weighted by atomic mass is 19.4. The number of hydrogen-bond acceptors (Lipinski definition) is 2. The number of benzene rings is 2. The quantitative estimate of drug-likeness (QED) is 0.221. The van der Waals surface area contributed by atoms with Gasteiger partial charge in [0.1, 0.15) is 0 Å². The molecule has 0 saturated carbocycles. The van der Waals surface area contributed by atoms with E-state index < -0.39 is 75.7 Å². The van der Waals surface area contributed by atoms with Gasteiger partial charge < -0.3 is 9.84 Å². The lowest BCUT2D eigenvalue weighted by molar-refractivity contribution is -0.144. The van der Waals surface area contributed by atoms with E-state index in [0.717, 1.165) is 0 Å². The van der Waals surface area contributed by atoms with Crippen LogP contribution in [0, 0.1) is 0 Å². The van der Waals surface area contributed by atoms with Crippen molar-refractivity contribution in [3.05, 3.63) is 75.5 Å². The zero-order valence-corrected chi connectivity index (χ0v) is 20.1. The molecule has 1 aliphatic rings. The first-order chi connectivity index (χ1) is 17.2. The van der Waals surface area contributed by atoms with Gasteiger partial charge >= 0.3 is 24.7 Å². The topological polar surface area (TPSA) is 32.8 Å². The molecular formula is C24H22F12O2. The first-order valence-electron chi connectivity index (χ1n) is 10.9. The molecule has 1 unspecified atom stereocenters. The minimum Gasteiger partial charge on any atom is -0.504 e. The highest BCUT2D eigenvalue weighted by Crippen LogP contribution is 2.49. The van der Waals surface area contributed by atoms with Crippen molar-refractivity contribution in [2.45, 2.75) is 64.9 Å². The van der Waals surface area contributed by atoms with Crippen molar-refractivity contribution < 1.29 is 62.5 Å². The molecule has 0 radical (unpaired) electrons. The fourth-order valence-corrected chi connectivity index (χ4v) is 2.86. The number of ether oxygens (including phenoxy) is 1. The van der Waals surface area contributed by atoms with Crippen molar-refractivity contribution in [2.24, 2.45) is 0 Å². The highest BCUT2D eigenvalue weighted by molar-refractivity contribution is 5.66. The summed E-state index contributed by atoms with van der Waals surface area (Å²) in [6, 6.07) is 0.362. The molecule has 3 rings (SSSR count). The van der Waals surface area contributed by atoms with Gasteiger partial charge in [-0.15, -0.1) is 0 Å². The number of epoxide rings is 1. The van der Waals surface area contributed by atoms with Crippen LogP contribution in [0.15, 0.2) is 42.2 Å². The normalized spacial score (nSPS) is 16.9. The summed E-state index contributed by atoms with van der Waals surface area (Å²) in [4.78, 5) is 0. The lowest BCUT2D eigenvalue weighted by atomic mass is 10.00. The second-order valence-corrected chi connectivity index (χ2v) is 7.55. The van der Waals surface area contributed by atoms with E-state index in [2.05, 4.69) is 13.8 Å². The molecule has 0 aromatic heterocycles. The van der Waals surface area contributed by atoms with Crippen molar-refractivity contribution in [1.29, 1.82) is 0 Å². The summed E-state index contributed by atoms with van der Waals surface area (Å²) in [5.74, 6) is -2.10. The smallest absolute Gasteiger partial charge is 0.416 e. The largest absolute Gasteiger partial charge is 0.504 e. The average Bonchev–Trinajstić information content (AvgIpc) is 3.58. The van der Waals surface area contributed by atoms with Crippen LogP contribution in [-0.2, 0) is 29.4 Å². The minimum atomic E-state index is -5.26. The Bertz CT molecular complexity index is 1060. The highest BCUT2D eigenvalue weighted by Gasteiger charge is 2.44. The predicted molar refractivity (Wildman–Crippen MR) is 114 cm³/mol. The van der Waals surface area contributed by atoms with Crippen LogP contribution in [0.1, 0.15) is 73.6 Å². The summed E-state index contributed by atoms with van der Waals surface area (Å²) in [6.45, 7) is 8.25. The molecule has 38 heavy (non-hydrogen) atoms. The molecule has 14 heteroatoms. The van der Waals surface area contributed by atoms with Crippen LogP contribution in [0.2, 0.25) is 0 Å². The van der Waals surface area contributed by atoms with Crippen LogP contribution < -0.4 is 0 Å². The predicted octanol–water partition coefficient (Wildman–Crippen LogP) is 10.2. The molecule has 2 aromatic rings. The molecule has 214 valence electrons. The second kappa shape index (κ2) is 11.8.